The van der Waals surface area contributed by atoms with Gasteiger partial charge >= 0.3 is 0 Å². The first kappa shape index (κ1) is 79.9. The van der Waals surface area contributed by atoms with Crippen LogP contribution < -0.4 is 10.2 Å². The Morgan fingerprint density at radius 2 is 0.720 bits per heavy atom. The number of nitrogens with zero attached hydrogens (tertiary/aromatic N) is 1. The Morgan fingerprint density at radius 1 is 0.427 bits per heavy atom. The summed E-state index contributed by atoms with van der Waals surface area (Å²) in [5, 5.41) is 13.9. The van der Waals surface area contributed by atoms with Gasteiger partial charge in [-0.1, -0.05) is 318 Å². The molecule has 0 spiro atoms. The minimum absolute atomic E-state index is 0.0103. The van der Waals surface area contributed by atoms with Crippen LogP contribution in [-0.2, 0) is 18.4 Å². The highest BCUT2D eigenvalue weighted by Gasteiger charge is 2.23. The summed E-state index contributed by atoms with van der Waals surface area (Å²) < 4.78 is 23.4. The van der Waals surface area contributed by atoms with Crippen molar-refractivity contribution < 1.29 is 32.9 Å². The molecule has 480 valence electrons. The number of likely N-dealkylation sites (N-methyl/N-ethyl adjacent to an activating group) is 1. The van der Waals surface area contributed by atoms with Gasteiger partial charge in [0.1, 0.15) is 13.2 Å². The number of amides is 1. The van der Waals surface area contributed by atoms with Crippen LogP contribution in [0.4, 0.5) is 0 Å². The van der Waals surface area contributed by atoms with Crippen LogP contribution in [0.15, 0.2) is 72.9 Å². The lowest BCUT2D eigenvalue weighted by atomic mass is 10.0. The molecule has 3 unspecified atom stereocenters. The zero-order valence-corrected chi connectivity index (χ0v) is 55.8. The summed E-state index contributed by atoms with van der Waals surface area (Å²) in [5.74, 6) is -0.209. The Morgan fingerprint density at radius 3 is 1.07 bits per heavy atom. The van der Waals surface area contributed by atoms with E-state index in [0.29, 0.717) is 17.4 Å². The molecule has 0 aliphatic heterocycles. The number of carbonyl (C=O) groups is 1. The van der Waals surface area contributed by atoms with Crippen molar-refractivity contribution in [3.8, 4) is 0 Å². The molecule has 2 N–H and O–H groups in total. The third-order valence-electron chi connectivity index (χ3n) is 15.9. The Kier molecular flexibility index (Phi) is 61.8. The minimum Gasteiger partial charge on any atom is -0.756 e. The maximum absolute atomic E-state index is 13.0. The van der Waals surface area contributed by atoms with Gasteiger partial charge in [0.05, 0.1) is 39.9 Å². The Balaban J connectivity index is 4.13. The largest absolute Gasteiger partial charge is 0.756 e. The Bertz CT molecular complexity index is 1570. The van der Waals surface area contributed by atoms with Gasteiger partial charge < -0.3 is 28.8 Å². The zero-order valence-electron chi connectivity index (χ0n) is 54.9. The second-order valence-electron chi connectivity index (χ2n) is 25.2. The van der Waals surface area contributed by atoms with E-state index in [1.165, 1.54) is 257 Å². The number of phosphoric ester groups is 1. The number of allylic oxidation sites excluding steroid dienone is 11. The van der Waals surface area contributed by atoms with E-state index in [-0.39, 0.29) is 12.5 Å². The summed E-state index contributed by atoms with van der Waals surface area (Å²) in [6, 6.07) is -0.914. The van der Waals surface area contributed by atoms with Crippen molar-refractivity contribution in [3.63, 3.8) is 0 Å². The van der Waals surface area contributed by atoms with Gasteiger partial charge in [-0.15, -0.1) is 0 Å². The van der Waals surface area contributed by atoms with Crippen molar-refractivity contribution in [3.05, 3.63) is 72.9 Å². The summed E-state index contributed by atoms with van der Waals surface area (Å²) in [5.41, 5.74) is 0. The number of unbranched alkanes of at least 4 members (excludes halogenated alkanes) is 42. The van der Waals surface area contributed by atoms with E-state index in [9.17, 15) is 19.4 Å². The van der Waals surface area contributed by atoms with Crippen LogP contribution in [-0.4, -0.2) is 68.5 Å². The third kappa shape index (κ3) is 65.5. The van der Waals surface area contributed by atoms with E-state index in [2.05, 4.69) is 79.9 Å². The van der Waals surface area contributed by atoms with Gasteiger partial charge in [0, 0.05) is 6.42 Å². The quantitative estimate of drug-likeness (QED) is 0.0272. The molecule has 8 nitrogen and oxygen atoms in total. The number of nitrogens with one attached hydrogen (secondary N) is 1. The number of hydrogen-bond donors (Lipinski definition) is 2. The molecule has 0 aliphatic carbocycles. The average molecular weight is 1170 g/mol. The smallest absolute Gasteiger partial charge is 0.268 e. The van der Waals surface area contributed by atoms with Crippen LogP contribution >= 0.6 is 7.82 Å². The van der Waals surface area contributed by atoms with Gasteiger partial charge in [-0.3, -0.25) is 9.36 Å². The summed E-state index contributed by atoms with van der Waals surface area (Å²) in [4.78, 5) is 25.6. The molecule has 0 saturated heterocycles. The van der Waals surface area contributed by atoms with Gasteiger partial charge in [0.2, 0.25) is 5.91 Å². The van der Waals surface area contributed by atoms with Crippen LogP contribution in [0.5, 0.6) is 0 Å². The molecule has 0 bridgehead atoms. The molecular formula is C73H137N2O6P. The first-order chi connectivity index (χ1) is 40.0. The summed E-state index contributed by atoms with van der Waals surface area (Å²) in [7, 11) is 1.24. The molecular weight excluding hydrogens is 1030 g/mol. The zero-order chi connectivity index (χ0) is 59.8. The monoisotopic (exact) mass is 1170 g/mol. The Labute approximate surface area is 510 Å². The van der Waals surface area contributed by atoms with Crippen molar-refractivity contribution in [2.24, 2.45) is 0 Å². The van der Waals surface area contributed by atoms with Crippen molar-refractivity contribution in [1.82, 2.24) is 5.32 Å². The lowest BCUT2D eigenvalue weighted by Gasteiger charge is -2.29. The van der Waals surface area contributed by atoms with Crippen LogP contribution in [0.3, 0.4) is 0 Å². The fraction of sp³-hybridized carbons (Fsp3) is 0.822. The molecule has 0 rings (SSSR count). The molecule has 9 heteroatoms. The lowest BCUT2D eigenvalue weighted by Crippen LogP contribution is -2.45. The predicted molar refractivity (Wildman–Crippen MR) is 357 cm³/mol. The number of hydrogen-bond acceptors (Lipinski definition) is 6. The van der Waals surface area contributed by atoms with Crippen LogP contribution in [0, 0.1) is 0 Å². The molecule has 0 fully saturated rings. The Hall–Kier alpha value is -2.06. The van der Waals surface area contributed by atoms with Crippen molar-refractivity contribution in [1.29, 1.82) is 0 Å². The van der Waals surface area contributed by atoms with E-state index in [0.717, 1.165) is 57.8 Å². The second kappa shape index (κ2) is 63.4. The molecule has 0 radical (unpaired) electrons. The van der Waals surface area contributed by atoms with Gasteiger partial charge in [-0.05, 0) is 83.5 Å². The van der Waals surface area contributed by atoms with Gasteiger partial charge in [-0.25, -0.2) is 0 Å². The maximum Gasteiger partial charge on any atom is 0.268 e. The minimum atomic E-state index is -4.62. The number of carbonyl (C=O) groups excluding carboxylic acids is 1. The number of phosphoric acid groups is 1. The SMILES string of the molecule is CCCCCCC/C=C\C/C=C\C/C=C\CCCCCCCCCCCCCCCCCCC(=O)NC(COP(=O)([O-])OCC[N+](C)(C)C)C(O)/C=C/CC/C=C/CC/C=C/CCCCCCCCCCCCCCCCCCCCC. The van der Waals surface area contributed by atoms with Crippen molar-refractivity contribution in [2.45, 2.75) is 347 Å². The molecule has 0 aliphatic rings. The predicted octanol–water partition coefficient (Wildman–Crippen LogP) is 21.9. The van der Waals surface area contributed by atoms with Crippen LogP contribution in [0.1, 0.15) is 335 Å². The molecule has 82 heavy (non-hydrogen) atoms. The van der Waals surface area contributed by atoms with E-state index >= 15 is 0 Å². The lowest BCUT2D eigenvalue weighted by molar-refractivity contribution is -0.870. The summed E-state index contributed by atoms with van der Waals surface area (Å²) >= 11 is 0. The second-order valence-corrected chi connectivity index (χ2v) is 26.6. The summed E-state index contributed by atoms with van der Waals surface area (Å²) in [6.45, 7) is 4.65. The summed E-state index contributed by atoms with van der Waals surface area (Å²) in [6.07, 6.45) is 88.9. The molecule has 0 saturated carbocycles. The normalized spacial score (nSPS) is 14.1. The highest BCUT2D eigenvalue weighted by Crippen LogP contribution is 2.38. The third-order valence-corrected chi connectivity index (χ3v) is 16.8. The highest BCUT2D eigenvalue weighted by molar-refractivity contribution is 7.45. The fourth-order valence-corrected chi connectivity index (χ4v) is 11.1. The highest BCUT2D eigenvalue weighted by atomic mass is 31.2. The van der Waals surface area contributed by atoms with E-state index in [1.54, 1.807) is 6.08 Å². The molecule has 0 aromatic heterocycles. The molecule has 3 atom stereocenters. The first-order valence-corrected chi connectivity index (χ1v) is 36.8. The number of rotatable bonds is 65. The van der Waals surface area contributed by atoms with Gasteiger partial charge in [0.15, 0.2) is 0 Å². The van der Waals surface area contributed by atoms with E-state index < -0.39 is 26.6 Å². The van der Waals surface area contributed by atoms with Gasteiger partial charge in [0.25, 0.3) is 7.82 Å². The van der Waals surface area contributed by atoms with Crippen molar-refractivity contribution >= 4 is 13.7 Å². The van der Waals surface area contributed by atoms with Crippen LogP contribution in [0.2, 0.25) is 0 Å². The molecule has 1 amide bonds. The topological polar surface area (TPSA) is 108 Å². The first-order valence-electron chi connectivity index (χ1n) is 35.3. The molecule has 0 heterocycles. The maximum atomic E-state index is 13.0. The van der Waals surface area contributed by atoms with E-state index in [1.807, 2.05) is 27.2 Å². The molecule has 0 aromatic rings. The van der Waals surface area contributed by atoms with E-state index in [4.69, 9.17) is 9.05 Å². The standard InChI is InChI=1S/C73H137N2O6P/c1-6-8-10-12-14-16-18-20-22-24-26-28-30-32-34-36-37-39-41-43-45-47-49-51-53-55-57-59-61-63-65-67-73(77)74-71(70-81-82(78,79)80-69-68-75(3,4)5)72(76)66-64-62-60-58-56-54-52-50-48-46-44-42-40-38-35-33-31-29-27-25-23-21-19-17-15-13-11-9-7-2/h18,20,24,26,30,32,48,50,56,58,64,66,71-72,76H,6-17,19,21-23,25,27-29,31,33-47,49,51-55,57,59-63,65,67-70H2,1-5H3,(H-,74,77,78,79)/b20-18-,26-24-,32-30-,50-48+,58-56+,66-64+. The van der Waals surface area contributed by atoms with Crippen LogP contribution in [0.25, 0.3) is 0 Å². The van der Waals surface area contributed by atoms with Crippen molar-refractivity contribution in [2.75, 3.05) is 40.9 Å². The number of aliphatic hydroxyl groups excluding tert-OH is 1. The molecule has 0 aromatic carbocycles. The fourth-order valence-electron chi connectivity index (χ4n) is 10.4. The average Bonchev–Trinajstić information content (AvgIpc) is 3.47. The number of quaternary nitrogens is 1. The number of aliphatic hydroxyl groups is 1. The van der Waals surface area contributed by atoms with Gasteiger partial charge in [-0.2, -0.15) is 0 Å².